The molecule has 4 heteroatoms. The molecule has 4 atom stereocenters. The maximum absolute atomic E-state index is 13.0. The minimum absolute atomic E-state index is 0.111. The number of hydrogen-bond donors (Lipinski definition) is 0. The van der Waals surface area contributed by atoms with E-state index >= 15 is 0 Å². The molecule has 2 saturated carbocycles. The smallest absolute Gasteiger partial charge is 0.339 e. The average Bonchev–Trinajstić information content (AvgIpc) is 2.58. The van der Waals surface area contributed by atoms with Crippen molar-refractivity contribution in [2.75, 3.05) is 0 Å². The van der Waals surface area contributed by atoms with Crippen LogP contribution in [0, 0.1) is 22.7 Å². The monoisotopic (exact) mass is 414 g/mol. The zero-order valence-corrected chi connectivity index (χ0v) is 19.5. The zero-order chi connectivity index (χ0) is 22.1. The van der Waals surface area contributed by atoms with Crippen molar-refractivity contribution >= 4 is 11.9 Å². The van der Waals surface area contributed by atoms with Gasteiger partial charge in [0.15, 0.2) is 0 Å². The number of carbonyl (C=O) groups excluding carboxylic acids is 2. The highest BCUT2D eigenvalue weighted by atomic mass is 16.6. The second kappa shape index (κ2) is 8.72. The Bertz CT molecular complexity index is 714. The number of esters is 2. The Morgan fingerprint density at radius 1 is 0.733 bits per heavy atom. The zero-order valence-electron chi connectivity index (χ0n) is 19.5. The summed E-state index contributed by atoms with van der Waals surface area (Å²) in [6.45, 7) is 13.3. The number of carbonyl (C=O) groups is 2. The fraction of sp³-hybridized carbons (Fsp3) is 0.692. The molecule has 0 aliphatic heterocycles. The van der Waals surface area contributed by atoms with Crippen LogP contribution in [0.25, 0.3) is 0 Å². The number of hydrogen-bond acceptors (Lipinski definition) is 4. The predicted molar refractivity (Wildman–Crippen MR) is 118 cm³/mol. The molecule has 166 valence electrons. The van der Waals surface area contributed by atoms with Crippen LogP contribution in [-0.4, -0.2) is 24.1 Å². The molecule has 0 bridgehead atoms. The van der Waals surface area contributed by atoms with Crippen LogP contribution in [0.3, 0.4) is 0 Å². The van der Waals surface area contributed by atoms with Gasteiger partial charge in [0.2, 0.25) is 0 Å². The van der Waals surface area contributed by atoms with Gasteiger partial charge in [0, 0.05) is 0 Å². The van der Waals surface area contributed by atoms with Crippen molar-refractivity contribution in [1.82, 2.24) is 0 Å². The third-order valence-corrected chi connectivity index (χ3v) is 6.61. The highest BCUT2D eigenvalue weighted by molar-refractivity contribution is 6.03. The summed E-state index contributed by atoms with van der Waals surface area (Å²) in [6.07, 6.45) is 5.50. The Labute approximate surface area is 181 Å². The van der Waals surface area contributed by atoms with Gasteiger partial charge < -0.3 is 9.47 Å². The first-order valence-electron chi connectivity index (χ1n) is 11.5. The predicted octanol–water partition coefficient (Wildman–Crippen LogP) is 6.43. The fourth-order valence-electron chi connectivity index (χ4n) is 5.97. The van der Waals surface area contributed by atoms with Crippen LogP contribution in [0.5, 0.6) is 0 Å². The summed E-state index contributed by atoms with van der Waals surface area (Å²) in [5.74, 6) is 0.191. The van der Waals surface area contributed by atoms with Gasteiger partial charge in [-0.3, -0.25) is 0 Å². The summed E-state index contributed by atoms with van der Waals surface area (Å²) in [6, 6.07) is 6.88. The van der Waals surface area contributed by atoms with Gasteiger partial charge in [0.25, 0.3) is 0 Å². The molecule has 2 fully saturated rings. The summed E-state index contributed by atoms with van der Waals surface area (Å²) in [4.78, 5) is 25.9. The molecule has 0 saturated heterocycles. The molecule has 0 radical (unpaired) electrons. The number of benzene rings is 1. The summed E-state index contributed by atoms with van der Waals surface area (Å²) in [5.41, 5.74) is 0.931. The quantitative estimate of drug-likeness (QED) is 0.533. The van der Waals surface area contributed by atoms with E-state index in [-0.39, 0.29) is 23.0 Å². The maximum Gasteiger partial charge on any atom is 0.339 e. The fourth-order valence-corrected chi connectivity index (χ4v) is 5.97. The topological polar surface area (TPSA) is 52.6 Å². The molecule has 4 nitrogen and oxygen atoms in total. The van der Waals surface area contributed by atoms with E-state index < -0.39 is 11.9 Å². The van der Waals surface area contributed by atoms with Gasteiger partial charge in [-0.15, -0.1) is 0 Å². The lowest BCUT2D eigenvalue weighted by atomic mass is 9.71. The van der Waals surface area contributed by atoms with Crippen molar-refractivity contribution in [2.45, 2.75) is 92.3 Å². The third kappa shape index (κ3) is 5.86. The first-order valence-corrected chi connectivity index (χ1v) is 11.5. The van der Waals surface area contributed by atoms with Gasteiger partial charge in [-0.2, -0.15) is 0 Å². The molecule has 3 rings (SSSR count). The van der Waals surface area contributed by atoms with Gasteiger partial charge in [-0.25, -0.2) is 9.59 Å². The summed E-state index contributed by atoms with van der Waals surface area (Å²) >= 11 is 0. The van der Waals surface area contributed by atoms with E-state index in [4.69, 9.17) is 9.47 Å². The molecule has 0 spiro atoms. The largest absolute Gasteiger partial charge is 0.459 e. The van der Waals surface area contributed by atoms with Crippen molar-refractivity contribution < 1.29 is 19.1 Å². The van der Waals surface area contributed by atoms with Crippen LogP contribution in [0.15, 0.2) is 24.3 Å². The van der Waals surface area contributed by atoms with E-state index in [1.165, 1.54) is 0 Å². The van der Waals surface area contributed by atoms with E-state index in [0.717, 1.165) is 38.5 Å². The molecule has 1 aromatic carbocycles. The molecule has 0 heterocycles. The Morgan fingerprint density at radius 3 is 1.43 bits per heavy atom. The lowest BCUT2D eigenvalue weighted by molar-refractivity contribution is -0.0112. The molecular weight excluding hydrogens is 376 g/mol. The second-order valence-corrected chi connectivity index (χ2v) is 11.4. The van der Waals surface area contributed by atoms with Gasteiger partial charge in [0.1, 0.15) is 12.2 Å². The first-order chi connectivity index (χ1) is 13.9. The van der Waals surface area contributed by atoms with E-state index in [2.05, 4.69) is 41.5 Å². The molecule has 0 aromatic heterocycles. The van der Waals surface area contributed by atoms with Crippen LogP contribution in [0.1, 0.15) is 101 Å². The van der Waals surface area contributed by atoms with Crippen LogP contribution >= 0.6 is 0 Å². The van der Waals surface area contributed by atoms with E-state index in [0.29, 0.717) is 23.0 Å². The van der Waals surface area contributed by atoms with Gasteiger partial charge in [-0.05, 0) is 73.3 Å². The minimum atomic E-state index is -0.421. The number of ether oxygens (including phenoxy) is 2. The number of rotatable bonds is 4. The van der Waals surface area contributed by atoms with E-state index in [9.17, 15) is 9.59 Å². The Balaban J connectivity index is 1.70. The SMILES string of the molecule is C[C@H]1C[C@H](OC(=O)c2ccccc2C(=O)O[C@H]2C[C@H](C)CC(C)(C)C2)CC(C)(C)C1. The van der Waals surface area contributed by atoms with Crippen molar-refractivity contribution in [3.05, 3.63) is 35.4 Å². The molecule has 0 unspecified atom stereocenters. The van der Waals surface area contributed by atoms with E-state index in [1.54, 1.807) is 24.3 Å². The average molecular weight is 415 g/mol. The van der Waals surface area contributed by atoms with Gasteiger partial charge >= 0.3 is 11.9 Å². The van der Waals surface area contributed by atoms with Crippen LogP contribution in [-0.2, 0) is 9.47 Å². The van der Waals surface area contributed by atoms with Crippen molar-refractivity contribution in [3.63, 3.8) is 0 Å². The van der Waals surface area contributed by atoms with Crippen molar-refractivity contribution in [3.8, 4) is 0 Å². The standard InChI is InChI=1S/C26H38O4/c1-17-11-19(15-25(3,4)13-17)29-23(27)21-9-7-8-10-22(21)24(28)30-20-12-18(2)14-26(5,6)16-20/h7-10,17-20H,11-16H2,1-6H3/t17-,18-,19-,20-/m0/s1. The summed E-state index contributed by atoms with van der Waals surface area (Å²) in [7, 11) is 0. The molecule has 30 heavy (non-hydrogen) atoms. The molecule has 0 N–H and O–H groups in total. The van der Waals surface area contributed by atoms with Crippen LogP contribution < -0.4 is 0 Å². The van der Waals surface area contributed by atoms with Gasteiger partial charge in [-0.1, -0.05) is 53.7 Å². The van der Waals surface area contributed by atoms with Crippen LogP contribution in [0.4, 0.5) is 0 Å². The molecule has 2 aliphatic carbocycles. The second-order valence-electron chi connectivity index (χ2n) is 11.4. The molecule has 2 aliphatic rings. The maximum atomic E-state index is 13.0. The molecule has 0 amide bonds. The highest BCUT2D eigenvalue weighted by Crippen LogP contribution is 2.41. The van der Waals surface area contributed by atoms with E-state index in [1.807, 2.05) is 0 Å². The lowest BCUT2D eigenvalue weighted by Crippen LogP contribution is -2.35. The minimum Gasteiger partial charge on any atom is -0.459 e. The summed E-state index contributed by atoms with van der Waals surface area (Å²) in [5, 5.41) is 0. The van der Waals surface area contributed by atoms with Gasteiger partial charge in [0.05, 0.1) is 11.1 Å². The lowest BCUT2D eigenvalue weighted by Gasteiger charge is -2.38. The molecule has 1 aromatic rings. The summed E-state index contributed by atoms with van der Waals surface area (Å²) < 4.78 is 11.7. The highest BCUT2D eigenvalue weighted by Gasteiger charge is 2.36. The Morgan fingerprint density at radius 2 is 1.10 bits per heavy atom. The molecular formula is C26H38O4. The van der Waals surface area contributed by atoms with Crippen molar-refractivity contribution in [1.29, 1.82) is 0 Å². The normalized spacial score (nSPS) is 30.3. The van der Waals surface area contributed by atoms with Crippen LogP contribution in [0.2, 0.25) is 0 Å². The van der Waals surface area contributed by atoms with Crippen molar-refractivity contribution in [2.24, 2.45) is 22.7 Å². The Kier molecular flexibility index (Phi) is 6.64. The first kappa shape index (κ1) is 22.8. The third-order valence-electron chi connectivity index (χ3n) is 6.61. The Hall–Kier alpha value is -1.84.